The lowest BCUT2D eigenvalue weighted by Gasteiger charge is -2.30. The molecule has 156 valence electrons. The van der Waals surface area contributed by atoms with Gasteiger partial charge in [0.1, 0.15) is 5.82 Å². The number of halogens is 2. The Morgan fingerprint density at radius 3 is 2.62 bits per heavy atom. The van der Waals surface area contributed by atoms with E-state index in [0.29, 0.717) is 40.0 Å². The van der Waals surface area contributed by atoms with Crippen LogP contribution in [-0.2, 0) is 9.53 Å². The molecule has 0 bridgehead atoms. The van der Waals surface area contributed by atoms with Gasteiger partial charge in [-0.1, -0.05) is 56.1 Å². The minimum Gasteiger partial charge on any atom is -0.462 e. The molecule has 1 N–H and O–H groups in total. The summed E-state index contributed by atoms with van der Waals surface area (Å²) in [7, 11) is 0. The summed E-state index contributed by atoms with van der Waals surface area (Å²) in [6.07, 6.45) is 2.22. The Labute approximate surface area is 181 Å². The summed E-state index contributed by atoms with van der Waals surface area (Å²) in [6.45, 7) is 18.1. The van der Waals surface area contributed by atoms with Gasteiger partial charge in [-0.3, -0.25) is 0 Å². The number of rotatable bonds is 6. The Kier molecular flexibility index (Phi) is 7.65. The molecule has 0 aliphatic carbocycles. The van der Waals surface area contributed by atoms with Gasteiger partial charge in [0.25, 0.3) is 0 Å². The number of hydrogen-bond acceptors (Lipinski definition) is 3. The monoisotopic (exact) mass is 462 g/mol. The molecule has 0 aromatic heterocycles. The topological polar surface area (TPSA) is 42.7 Å². The van der Waals surface area contributed by atoms with Crippen LogP contribution in [0.15, 0.2) is 45.3 Å². The second-order valence-electron chi connectivity index (χ2n) is 8.43. The van der Waals surface area contributed by atoms with E-state index in [-0.39, 0.29) is 11.2 Å². The van der Waals surface area contributed by atoms with E-state index in [9.17, 15) is 9.18 Å². The molecule has 29 heavy (non-hydrogen) atoms. The Hall–Kier alpha value is -2.13. The molecule has 2 rings (SSSR count). The Morgan fingerprint density at radius 2 is 2.07 bits per heavy atom. The molecule has 0 amide bonds. The van der Waals surface area contributed by atoms with Crippen LogP contribution in [0.5, 0.6) is 0 Å². The summed E-state index contributed by atoms with van der Waals surface area (Å²) in [5, 5.41) is 3.24. The summed E-state index contributed by atoms with van der Waals surface area (Å²) >= 11 is 3.41. The quantitative estimate of drug-likeness (QED) is 0.389. The third-order valence-electron chi connectivity index (χ3n) is 4.81. The first kappa shape index (κ1) is 23.2. The van der Waals surface area contributed by atoms with Gasteiger partial charge in [-0.25, -0.2) is 14.0 Å². The van der Waals surface area contributed by atoms with Gasteiger partial charge in [0.15, 0.2) is 5.70 Å². The van der Waals surface area contributed by atoms with Gasteiger partial charge in [-0.05, 0) is 42.9 Å². The number of esters is 1. The molecule has 0 fully saturated rings. The van der Waals surface area contributed by atoms with Crippen molar-refractivity contribution in [2.75, 3.05) is 6.61 Å². The van der Waals surface area contributed by atoms with Crippen molar-refractivity contribution < 1.29 is 13.9 Å². The molecular formula is C23H28BrFN2O2. The van der Waals surface area contributed by atoms with Crippen LogP contribution >= 0.6 is 15.9 Å². The maximum atomic E-state index is 13.7. The zero-order valence-electron chi connectivity index (χ0n) is 17.7. The molecule has 1 aromatic carbocycles. The van der Waals surface area contributed by atoms with Crippen molar-refractivity contribution in [1.82, 2.24) is 5.32 Å². The smallest absolute Gasteiger partial charge is 0.335 e. The highest BCUT2D eigenvalue weighted by Gasteiger charge is 2.36. The molecule has 6 heteroatoms. The van der Waals surface area contributed by atoms with Gasteiger partial charge in [0.2, 0.25) is 0 Å². The van der Waals surface area contributed by atoms with Crippen LogP contribution in [0.3, 0.4) is 0 Å². The second kappa shape index (κ2) is 9.58. The predicted octanol–water partition coefficient (Wildman–Crippen LogP) is 6.46. The lowest BCUT2D eigenvalue weighted by atomic mass is 9.83. The molecule has 0 saturated heterocycles. The zero-order valence-corrected chi connectivity index (χ0v) is 19.2. The van der Waals surface area contributed by atoms with E-state index in [1.165, 1.54) is 12.1 Å². The summed E-state index contributed by atoms with van der Waals surface area (Å²) in [5.74, 6) is -1.42. The highest BCUT2D eigenvalue weighted by molar-refractivity contribution is 9.10. The van der Waals surface area contributed by atoms with E-state index in [4.69, 9.17) is 11.3 Å². The molecule has 1 atom stereocenters. The maximum absolute atomic E-state index is 13.7. The molecule has 4 nitrogen and oxygen atoms in total. The van der Waals surface area contributed by atoms with Gasteiger partial charge >= 0.3 is 5.97 Å². The molecule has 0 radical (unpaired) electrons. The molecule has 1 heterocycles. The summed E-state index contributed by atoms with van der Waals surface area (Å²) in [5.41, 5.74) is 3.04. The maximum Gasteiger partial charge on any atom is 0.335 e. The number of carbonyl (C=O) groups is 1. The fourth-order valence-electron chi connectivity index (χ4n) is 3.29. The average Bonchev–Trinajstić information content (AvgIpc) is 2.60. The molecule has 1 aliphatic heterocycles. The number of benzene rings is 1. The average molecular weight is 463 g/mol. The van der Waals surface area contributed by atoms with Gasteiger partial charge in [0, 0.05) is 15.9 Å². The van der Waals surface area contributed by atoms with Crippen LogP contribution in [0, 0.1) is 17.8 Å². The van der Waals surface area contributed by atoms with E-state index >= 15 is 0 Å². The number of ether oxygens (including phenoxy) is 1. The molecule has 1 unspecified atom stereocenters. The standard InChI is InChI=1S/C23H28BrFN2O2/c1-7-8-18-20(22(28)29-12-11-23(3,4)5)19(21(26-6)14(2)27-18)16-10-9-15(25)13-17(16)24/h9-10,13,19,27H,7-8,11-12H2,1-5H3. The number of nitrogens with zero attached hydrogens (tertiary/aromatic N) is 1. The first-order valence-corrected chi connectivity index (χ1v) is 10.6. The third-order valence-corrected chi connectivity index (χ3v) is 5.50. The minimum atomic E-state index is -0.604. The van der Waals surface area contributed by atoms with Crippen molar-refractivity contribution in [3.8, 4) is 0 Å². The fraction of sp³-hybridized carbons (Fsp3) is 0.478. The summed E-state index contributed by atoms with van der Waals surface area (Å²) in [4.78, 5) is 16.9. The van der Waals surface area contributed by atoms with Crippen molar-refractivity contribution in [2.24, 2.45) is 5.41 Å². The minimum absolute atomic E-state index is 0.0449. The van der Waals surface area contributed by atoms with Crippen molar-refractivity contribution in [2.45, 2.75) is 59.8 Å². The lowest BCUT2D eigenvalue weighted by Crippen LogP contribution is -2.30. The van der Waals surface area contributed by atoms with Gasteiger partial charge in [0.05, 0.1) is 24.7 Å². The van der Waals surface area contributed by atoms with E-state index in [1.54, 1.807) is 6.07 Å². The third kappa shape index (κ3) is 5.70. The lowest BCUT2D eigenvalue weighted by molar-refractivity contribution is -0.140. The van der Waals surface area contributed by atoms with Crippen LogP contribution < -0.4 is 5.32 Å². The molecule has 0 saturated carbocycles. The first-order valence-electron chi connectivity index (χ1n) is 9.79. The Morgan fingerprint density at radius 1 is 1.38 bits per heavy atom. The zero-order chi connectivity index (χ0) is 21.8. The molecular weight excluding hydrogens is 435 g/mol. The number of hydrogen-bond donors (Lipinski definition) is 1. The summed E-state index contributed by atoms with van der Waals surface area (Å²) < 4.78 is 19.8. The van der Waals surface area contributed by atoms with Crippen molar-refractivity contribution in [3.63, 3.8) is 0 Å². The number of nitrogens with one attached hydrogen (secondary N) is 1. The van der Waals surface area contributed by atoms with Crippen molar-refractivity contribution in [1.29, 1.82) is 0 Å². The Balaban J connectivity index is 2.54. The highest BCUT2D eigenvalue weighted by Crippen LogP contribution is 2.43. The van der Waals surface area contributed by atoms with Crippen LogP contribution in [0.25, 0.3) is 4.85 Å². The predicted molar refractivity (Wildman–Crippen MR) is 116 cm³/mol. The number of carbonyl (C=O) groups excluding carboxylic acids is 1. The highest BCUT2D eigenvalue weighted by atomic mass is 79.9. The van der Waals surface area contributed by atoms with E-state index < -0.39 is 11.9 Å². The fourth-order valence-corrected chi connectivity index (χ4v) is 3.87. The van der Waals surface area contributed by atoms with Crippen LogP contribution in [0.2, 0.25) is 0 Å². The van der Waals surface area contributed by atoms with E-state index in [1.807, 2.05) is 13.8 Å². The van der Waals surface area contributed by atoms with Crippen LogP contribution in [0.4, 0.5) is 4.39 Å². The van der Waals surface area contributed by atoms with E-state index in [0.717, 1.165) is 18.5 Å². The molecule has 1 aliphatic rings. The van der Waals surface area contributed by atoms with Crippen LogP contribution in [-0.4, -0.2) is 12.6 Å². The number of allylic oxidation sites excluding steroid dienone is 3. The Bertz CT molecular complexity index is 891. The van der Waals surface area contributed by atoms with Gasteiger partial charge in [-0.15, -0.1) is 0 Å². The SMILES string of the molecule is [C-]#[N+]C1=C(C)NC(CCC)=C(C(=O)OCCC(C)(C)C)C1c1ccc(F)cc1Br. The second-order valence-corrected chi connectivity index (χ2v) is 9.29. The largest absolute Gasteiger partial charge is 0.462 e. The normalized spacial score (nSPS) is 17.1. The van der Waals surface area contributed by atoms with E-state index in [2.05, 4.69) is 46.9 Å². The van der Waals surface area contributed by atoms with Crippen molar-refractivity contribution in [3.05, 3.63) is 68.1 Å². The first-order chi connectivity index (χ1) is 13.6. The summed E-state index contributed by atoms with van der Waals surface area (Å²) in [6, 6.07) is 4.33. The molecule has 1 aromatic rings. The number of dihydropyridines is 1. The molecule has 0 spiro atoms. The van der Waals surface area contributed by atoms with Gasteiger partial charge < -0.3 is 10.1 Å². The van der Waals surface area contributed by atoms with Crippen molar-refractivity contribution >= 4 is 21.9 Å². The van der Waals surface area contributed by atoms with Crippen LogP contribution in [0.1, 0.15) is 65.4 Å². The van der Waals surface area contributed by atoms with Gasteiger partial charge in [-0.2, -0.15) is 0 Å².